The van der Waals surface area contributed by atoms with Gasteiger partial charge in [0.05, 0.1) is 0 Å². The average molecular weight is 274 g/mol. The van der Waals surface area contributed by atoms with Crippen LogP contribution in [0.5, 0.6) is 11.5 Å². The van der Waals surface area contributed by atoms with Gasteiger partial charge in [0.25, 0.3) is 0 Å². The third kappa shape index (κ3) is 2.25. The molecule has 0 fully saturated rings. The number of ether oxygens (including phenoxy) is 2. The van der Waals surface area contributed by atoms with E-state index >= 15 is 0 Å². The van der Waals surface area contributed by atoms with Crippen LogP contribution in [0.3, 0.4) is 0 Å². The molecule has 0 saturated heterocycles. The molecule has 0 amide bonds. The Hall–Kier alpha value is -2.01. The molecule has 1 unspecified atom stereocenters. The van der Waals surface area contributed by atoms with Gasteiger partial charge in [0.1, 0.15) is 25.1 Å². The van der Waals surface area contributed by atoms with Crippen molar-refractivity contribution < 1.29 is 14.6 Å². The van der Waals surface area contributed by atoms with Crippen LogP contribution in [0, 0.1) is 0 Å². The van der Waals surface area contributed by atoms with E-state index in [1.54, 1.807) is 6.20 Å². The standard InChI is InChI=1S/C15H18N2O3/c1-2-7-17-8-6-16-15(17)13(18)11-4-3-5-12-14(11)20-10-9-19-12/h3-6,8,13,18H,2,7,9-10H2,1H3. The maximum Gasteiger partial charge on any atom is 0.167 e. The highest BCUT2D eigenvalue weighted by atomic mass is 16.6. The van der Waals surface area contributed by atoms with E-state index in [1.165, 1.54) is 0 Å². The van der Waals surface area contributed by atoms with Crippen molar-refractivity contribution in [3.05, 3.63) is 42.0 Å². The fourth-order valence-corrected chi connectivity index (χ4v) is 2.45. The first-order chi connectivity index (χ1) is 9.81. The number of imidazole rings is 1. The highest BCUT2D eigenvalue weighted by Gasteiger charge is 2.24. The molecule has 5 nitrogen and oxygen atoms in total. The number of rotatable bonds is 4. The van der Waals surface area contributed by atoms with Crippen LogP contribution in [-0.2, 0) is 6.54 Å². The summed E-state index contributed by atoms with van der Waals surface area (Å²) < 4.78 is 13.2. The Bertz CT molecular complexity index is 595. The van der Waals surface area contributed by atoms with Gasteiger partial charge < -0.3 is 19.1 Å². The molecular formula is C15H18N2O3. The summed E-state index contributed by atoms with van der Waals surface area (Å²) in [5, 5.41) is 10.6. The molecule has 2 aromatic rings. The Labute approximate surface area is 117 Å². The zero-order chi connectivity index (χ0) is 13.9. The van der Waals surface area contributed by atoms with Gasteiger partial charge >= 0.3 is 0 Å². The summed E-state index contributed by atoms with van der Waals surface area (Å²) in [4.78, 5) is 4.28. The topological polar surface area (TPSA) is 56.5 Å². The molecule has 0 radical (unpaired) electrons. The van der Waals surface area contributed by atoms with Gasteiger partial charge in [-0.25, -0.2) is 4.98 Å². The van der Waals surface area contributed by atoms with Gasteiger partial charge in [-0.1, -0.05) is 19.1 Å². The number of aliphatic hydroxyl groups is 1. The van der Waals surface area contributed by atoms with Crippen molar-refractivity contribution in [2.75, 3.05) is 13.2 Å². The molecule has 5 heteroatoms. The smallest absolute Gasteiger partial charge is 0.167 e. The number of aryl methyl sites for hydroxylation is 1. The predicted molar refractivity (Wildman–Crippen MR) is 74.0 cm³/mol. The van der Waals surface area contributed by atoms with Crippen LogP contribution in [-0.4, -0.2) is 27.9 Å². The molecule has 3 rings (SSSR count). The Balaban J connectivity index is 1.98. The van der Waals surface area contributed by atoms with Crippen LogP contribution in [0.15, 0.2) is 30.6 Å². The fraction of sp³-hybridized carbons (Fsp3) is 0.400. The lowest BCUT2D eigenvalue weighted by molar-refractivity contribution is 0.155. The molecule has 20 heavy (non-hydrogen) atoms. The van der Waals surface area contributed by atoms with Crippen molar-refractivity contribution >= 4 is 0 Å². The number of nitrogens with zero attached hydrogens (tertiary/aromatic N) is 2. The van der Waals surface area contributed by atoms with Crippen LogP contribution in [0.4, 0.5) is 0 Å². The normalized spacial score (nSPS) is 15.1. The number of hydrogen-bond donors (Lipinski definition) is 1. The fourth-order valence-electron chi connectivity index (χ4n) is 2.45. The Morgan fingerprint density at radius 2 is 2.20 bits per heavy atom. The first-order valence-electron chi connectivity index (χ1n) is 6.89. The van der Waals surface area contributed by atoms with Crippen LogP contribution in [0.25, 0.3) is 0 Å². The summed E-state index contributed by atoms with van der Waals surface area (Å²) in [6, 6.07) is 5.56. The third-order valence-electron chi connectivity index (χ3n) is 3.35. The molecular weight excluding hydrogens is 256 g/mol. The second-order valence-corrected chi connectivity index (χ2v) is 4.75. The number of aromatic nitrogens is 2. The molecule has 1 aliphatic heterocycles. The molecule has 2 heterocycles. The number of aliphatic hydroxyl groups excluding tert-OH is 1. The first-order valence-corrected chi connectivity index (χ1v) is 6.89. The Kier molecular flexibility index (Phi) is 3.60. The number of hydrogen-bond acceptors (Lipinski definition) is 4. The van der Waals surface area contributed by atoms with Crippen LogP contribution in [0.2, 0.25) is 0 Å². The lowest BCUT2D eigenvalue weighted by atomic mass is 10.1. The van der Waals surface area contributed by atoms with E-state index in [0.717, 1.165) is 13.0 Å². The van der Waals surface area contributed by atoms with Crippen molar-refractivity contribution in [1.82, 2.24) is 9.55 Å². The summed E-state index contributed by atoms with van der Waals surface area (Å²) >= 11 is 0. The van der Waals surface area contributed by atoms with Crippen molar-refractivity contribution in [2.45, 2.75) is 26.0 Å². The van der Waals surface area contributed by atoms with Crippen LogP contribution < -0.4 is 9.47 Å². The summed E-state index contributed by atoms with van der Waals surface area (Å²) in [6.45, 7) is 3.97. The van der Waals surface area contributed by atoms with E-state index in [-0.39, 0.29) is 0 Å². The Morgan fingerprint density at radius 1 is 1.35 bits per heavy atom. The molecule has 106 valence electrons. The summed E-state index contributed by atoms with van der Waals surface area (Å²) in [7, 11) is 0. The van der Waals surface area contributed by atoms with E-state index in [1.807, 2.05) is 29.0 Å². The van der Waals surface area contributed by atoms with E-state index in [9.17, 15) is 5.11 Å². The number of fused-ring (bicyclic) bond motifs is 1. The lowest BCUT2D eigenvalue weighted by Crippen LogP contribution is -2.18. The molecule has 1 aromatic carbocycles. The van der Waals surface area contributed by atoms with E-state index in [2.05, 4.69) is 11.9 Å². The monoisotopic (exact) mass is 274 g/mol. The van der Waals surface area contributed by atoms with E-state index in [4.69, 9.17) is 9.47 Å². The highest BCUT2D eigenvalue weighted by molar-refractivity contribution is 5.49. The Morgan fingerprint density at radius 3 is 3.05 bits per heavy atom. The SMILES string of the molecule is CCCn1ccnc1C(O)c1cccc2c1OCCO2. The largest absolute Gasteiger partial charge is 0.486 e. The zero-order valence-electron chi connectivity index (χ0n) is 11.5. The van der Waals surface area contributed by atoms with Crippen molar-refractivity contribution in [3.8, 4) is 11.5 Å². The lowest BCUT2D eigenvalue weighted by Gasteiger charge is -2.23. The summed E-state index contributed by atoms with van der Waals surface area (Å²) in [6.07, 6.45) is 3.77. The minimum Gasteiger partial charge on any atom is -0.486 e. The first kappa shape index (κ1) is 13.0. The van der Waals surface area contributed by atoms with E-state index < -0.39 is 6.10 Å². The van der Waals surface area contributed by atoms with Crippen molar-refractivity contribution in [1.29, 1.82) is 0 Å². The molecule has 1 aromatic heterocycles. The molecule has 0 saturated carbocycles. The van der Waals surface area contributed by atoms with Gasteiger partial charge in [0.2, 0.25) is 0 Å². The minimum absolute atomic E-state index is 0.500. The second-order valence-electron chi connectivity index (χ2n) is 4.75. The minimum atomic E-state index is -0.812. The molecule has 0 aliphatic carbocycles. The average Bonchev–Trinajstić information content (AvgIpc) is 2.94. The molecule has 1 N–H and O–H groups in total. The quantitative estimate of drug-likeness (QED) is 0.928. The molecule has 0 spiro atoms. The molecule has 1 atom stereocenters. The molecule has 1 aliphatic rings. The highest BCUT2D eigenvalue weighted by Crippen LogP contribution is 2.38. The van der Waals surface area contributed by atoms with E-state index in [0.29, 0.717) is 36.1 Å². The maximum atomic E-state index is 10.6. The summed E-state index contributed by atoms with van der Waals surface area (Å²) in [5.41, 5.74) is 0.700. The van der Waals surface area contributed by atoms with Gasteiger partial charge in [0, 0.05) is 24.5 Å². The molecule has 0 bridgehead atoms. The maximum absolute atomic E-state index is 10.6. The number of benzene rings is 1. The summed E-state index contributed by atoms with van der Waals surface area (Å²) in [5.74, 6) is 1.94. The zero-order valence-corrected chi connectivity index (χ0v) is 11.5. The second kappa shape index (κ2) is 5.54. The van der Waals surface area contributed by atoms with Crippen LogP contribution in [0.1, 0.15) is 30.8 Å². The van der Waals surface area contributed by atoms with Gasteiger partial charge in [-0.05, 0) is 12.5 Å². The van der Waals surface area contributed by atoms with Crippen molar-refractivity contribution in [3.63, 3.8) is 0 Å². The van der Waals surface area contributed by atoms with Crippen LogP contribution >= 0.6 is 0 Å². The predicted octanol–water partition coefficient (Wildman–Crippen LogP) is 2.15. The van der Waals surface area contributed by atoms with Gasteiger partial charge in [-0.3, -0.25) is 0 Å². The van der Waals surface area contributed by atoms with Gasteiger partial charge in [-0.15, -0.1) is 0 Å². The van der Waals surface area contributed by atoms with Gasteiger partial charge in [0.15, 0.2) is 11.5 Å². The third-order valence-corrected chi connectivity index (χ3v) is 3.35. The van der Waals surface area contributed by atoms with Crippen molar-refractivity contribution in [2.24, 2.45) is 0 Å². The van der Waals surface area contributed by atoms with Gasteiger partial charge in [-0.2, -0.15) is 0 Å². The number of para-hydroxylation sites is 1.